The van der Waals surface area contributed by atoms with Gasteiger partial charge in [0.1, 0.15) is 0 Å². The first kappa shape index (κ1) is 39.9. The Bertz CT molecular complexity index is 3360. The number of aromatic nitrogens is 2. The highest BCUT2D eigenvalue weighted by Crippen LogP contribution is 2.57. The van der Waals surface area contributed by atoms with E-state index in [1.807, 2.05) is 17.4 Å². The Hall–Kier alpha value is -6.94. The fraction of sp³-hybridized carbons (Fsp3) is 0.148. The molecule has 2 heterocycles. The number of fused-ring (bicyclic) bond motifs is 6. The van der Waals surface area contributed by atoms with Crippen molar-refractivity contribution in [2.24, 2.45) is 0 Å². The standard InChI is InChI=1S/C61H50N2S/c1-59(2,3)43-22-15-24-45(36-43)61(46-25-16-23-44(37-46)60(4,5)6)52-30-12-10-26-47(52)48-33-32-41(35-53(48)61)40-20-14-21-42(34-40)54-38-55(63-58(62-54)39-18-8-7-9-19-39)51-29-17-28-50-49-27-11-13-31-56(49)64-57(50)51/h7-38H,1-6H3. The summed E-state index contributed by atoms with van der Waals surface area (Å²) >= 11 is 1.83. The molecule has 10 aromatic rings. The highest BCUT2D eigenvalue weighted by atomic mass is 32.1. The lowest BCUT2D eigenvalue weighted by Crippen LogP contribution is -2.30. The van der Waals surface area contributed by atoms with Gasteiger partial charge in [-0.3, -0.25) is 0 Å². The average molecular weight is 843 g/mol. The third kappa shape index (κ3) is 6.61. The molecule has 0 unspecified atom stereocenters. The van der Waals surface area contributed by atoms with Crippen LogP contribution in [0.25, 0.3) is 76.3 Å². The Morgan fingerprint density at radius 2 is 0.953 bits per heavy atom. The molecule has 0 bridgehead atoms. The van der Waals surface area contributed by atoms with Crippen molar-refractivity contribution in [2.45, 2.75) is 57.8 Å². The quantitative estimate of drug-likeness (QED) is 0.167. The van der Waals surface area contributed by atoms with E-state index in [0.717, 1.165) is 33.6 Å². The van der Waals surface area contributed by atoms with Crippen molar-refractivity contribution in [3.63, 3.8) is 0 Å². The smallest absolute Gasteiger partial charge is 0.160 e. The molecule has 2 nitrogen and oxygen atoms in total. The van der Waals surface area contributed by atoms with E-state index in [9.17, 15) is 0 Å². The molecular weight excluding hydrogens is 793 g/mol. The second-order valence-electron chi connectivity index (χ2n) is 19.4. The number of thiophene rings is 1. The second kappa shape index (κ2) is 15.1. The van der Waals surface area contributed by atoms with Gasteiger partial charge in [-0.15, -0.1) is 11.3 Å². The molecule has 0 radical (unpaired) electrons. The van der Waals surface area contributed by atoms with Crippen LogP contribution in [0.15, 0.2) is 194 Å². The fourth-order valence-corrected chi connectivity index (χ4v) is 11.2. The van der Waals surface area contributed by atoms with Gasteiger partial charge in [0.25, 0.3) is 0 Å². The summed E-state index contributed by atoms with van der Waals surface area (Å²) in [6.07, 6.45) is 0. The van der Waals surface area contributed by atoms with Gasteiger partial charge in [-0.2, -0.15) is 0 Å². The maximum Gasteiger partial charge on any atom is 0.160 e. The third-order valence-corrected chi connectivity index (χ3v) is 14.5. The Balaban J connectivity index is 1.11. The van der Waals surface area contributed by atoms with Crippen LogP contribution in [0.4, 0.5) is 0 Å². The predicted molar refractivity (Wildman–Crippen MR) is 271 cm³/mol. The molecule has 1 aliphatic rings. The lowest BCUT2D eigenvalue weighted by molar-refractivity contribution is 0.585. The van der Waals surface area contributed by atoms with Gasteiger partial charge >= 0.3 is 0 Å². The molecule has 2 aromatic heterocycles. The summed E-state index contributed by atoms with van der Waals surface area (Å²) in [7, 11) is 0. The monoisotopic (exact) mass is 842 g/mol. The van der Waals surface area contributed by atoms with E-state index in [1.54, 1.807) is 0 Å². The van der Waals surface area contributed by atoms with Gasteiger partial charge in [-0.05, 0) is 90.7 Å². The van der Waals surface area contributed by atoms with Crippen LogP contribution in [0.5, 0.6) is 0 Å². The van der Waals surface area contributed by atoms with Crippen molar-refractivity contribution in [3.8, 4) is 56.2 Å². The van der Waals surface area contributed by atoms with Crippen LogP contribution < -0.4 is 0 Å². The minimum absolute atomic E-state index is 0.0146. The first-order valence-corrected chi connectivity index (χ1v) is 23.2. The minimum Gasteiger partial charge on any atom is -0.228 e. The molecule has 0 N–H and O–H groups in total. The van der Waals surface area contributed by atoms with Crippen LogP contribution >= 0.6 is 11.3 Å². The summed E-state index contributed by atoms with van der Waals surface area (Å²) in [6.45, 7) is 13.9. The lowest BCUT2D eigenvalue weighted by atomic mass is 9.66. The zero-order chi connectivity index (χ0) is 43.8. The summed E-state index contributed by atoms with van der Waals surface area (Å²) < 4.78 is 2.52. The van der Waals surface area contributed by atoms with E-state index in [4.69, 9.17) is 9.97 Å². The Morgan fingerprint density at radius 1 is 0.391 bits per heavy atom. The van der Waals surface area contributed by atoms with Gasteiger partial charge in [-0.1, -0.05) is 211 Å². The van der Waals surface area contributed by atoms with Gasteiger partial charge in [0.2, 0.25) is 0 Å². The first-order valence-electron chi connectivity index (χ1n) is 22.4. The molecule has 310 valence electrons. The number of hydrogen-bond donors (Lipinski definition) is 0. The summed E-state index contributed by atoms with van der Waals surface area (Å²) in [4.78, 5) is 10.6. The predicted octanol–water partition coefficient (Wildman–Crippen LogP) is 16.5. The Labute approximate surface area is 381 Å². The zero-order valence-electron chi connectivity index (χ0n) is 37.3. The SMILES string of the molecule is CC(C)(C)c1cccc(C2(c3cccc(C(C)(C)C)c3)c3ccccc3-c3ccc(-c4cccc(-c5cc(-c6cccc7c6sc6ccccc67)nc(-c6ccccc6)n5)c4)cc32)c1. The maximum atomic E-state index is 5.29. The number of hydrogen-bond acceptors (Lipinski definition) is 3. The van der Waals surface area contributed by atoms with E-state index < -0.39 is 5.41 Å². The summed E-state index contributed by atoms with van der Waals surface area (Å²) in [5, 5.41) is 2.53. The van der Waals surface area contributed by atoms with Crippen LogP contribution in [0.3, 0.4) is 0 Å². The highest BCUT2D eigenvalue weighted by molar-refractivity contribution is 7.26. The molecule has 0 aliphatic heterocycles. The van der Waals surface area contributed by atoms with Gasteiger partial charge in [0.05, 0.1) is 16.8 Å². The van der Waals surface area contributed by atoms with Crippen LogP contribution in [0.1, 0.15) is 74.9 Å². The molecule has 64 heavy (non-hydrogen) atoms. The van der Waals surface area contributed by atoms with Gasteiger partial charge in [-0.25, -0.2) is 9.97 Å². The van der Waals surface area contributed by atoms with Crippen molar-refractivity contribution in [1.29, 1.82) is 0 Å². The summed E-state index contributed by atoms with van der Waals surface area (Å²) in [6, 6.07) is 71.7. The van der Waals surface area contributed by atoms with Gasteiger partial charge in [0, 0.05) is 36.9 Å². The van der Waals surface area contributed by atoms with Crippen LogP contribution in [-0.4, -0.2) is 9.97 Å². The maximum absolute atomic E-state index is 5.29. The van der Waals surface area contributed by atoms with E-state index >= 15 is 0 Å². The highest BCUT2D eigenvalue weighted by Gasteiger charge is 2.47. The molecule has 0 fully saturated rings. The second-order valence-corrected chi connectivity index (χ2v) is 20.5. The Morgan fingerprint density at radius 3 is 1.70 bits per heavy atom. The van der Waals surface area contributed by atoms with Crippen molar-refractivity contribution >= 4 is 31.5 Å². The van der Waals surface area contributed by atoms with Crippen LogP contribution in [-0.2, 0) is 16.2 Å². The van der Waals surface area contributed by atoms with Crippen molar-refractivity contribution in [3.05, 3.63) is 228 Å². The fourth-order valence-electron chi connectivity index (χ4n) is 9.94. The molecule has 8 aromatic carbocycles. The first-order chi connectivity index (χ1) is 31.0. The molecular formula is C61H50N2S. The normalized spacial score (nSPS) is 13.3. The van der Waals surface area contributed by atoms with Gasteiger partial charge in [0.15, 0.2) is 5.82 Å². The Kier molecular flexibility index (Phi) is 9.41. The van der Waals surface area contributed by atoms with E-state index in [0.29, 0.717) is 5.82 Å². The minimum atomic E-state index is -0.540. The molecule has 0 saturated carbocycles. The third-order valence-electron chi connectivity index (χ3n) is 13.3. The van der Waals surface area contributed by atoms with Crippen molar-refractivity contribution < 1.29 is 0 Å². The number of benzene rings is 8. The molecule has 3 heteroatoms. The molecule has 1 aliphatic carbocycles. The molecule has 0 spiro atoms. The molecule has 0 amide bonds. The van der Waals surface area contributed by atoms with Crippen LogP contribution in [0.2, 0.25) is 0 Å². The van der Waals surface area contributed by atoms with Gasteiger partial charge < -0.3 is 0 Å². The zero-order valence-corrected chi connectivity index (χ0v) is 38.1. The topological polar surface area (TPSA) is 25.8 Å². The summed E-state index contributed by atoms with van der Waals surface area (Å²) in [5.74, 6) is 0.715. The van der Waals surface area contributed by atoms with Crippen molar-refractivity contribution in [1.82, 2.24) is 9.97 Å². The largest absolute Gasteiger partial charge is 0.228 e. The molecule has 0 saturated heterocycles. The lowest BCUT2D eigenvalue weighted by Gasteiger charge is -2.36. The number of nitrogens with zero attached hydrogens (tertiary/aromatic N) is 2. The molecule has 11 rings (SSSR count). The van der Waals surface area contributed by atoms with E-state index in [-0.39, 0.29) is 10.8 Å². The van der Waals surface area contributed by atoms with E-state index in [1.165, 1.54) is 70.2 Å². The van der Waals surface area contributed by atoms with E-state index in [2.05, 4.69) is 230 Å². The average Bonchev–Trinajstić information content (AvgIpc) is 3.85. The number of rotatable bonds is 6. The molecule has 0 atom stereocenters. The summed E-state index contributed by atoms with van der Waals surface area (Å²) in [5.41, 5.74) is 17.2. The van der Waals surface area contributed by atoms with Crippen molar-refractivity contribution in [2.75, 3.05) is 0 Å². The van der Waals surface area contributed by atoms with Crippen LogP contribution in [0, 0.1) is 0 Å².